The molecule has 0 saturated heterocycles. The second-order valence-electron chi connectivity index (χ2n) is 5.13. The summed E-state index contributed by atoms with van der Waals surface area (Å²) in [7, 11) is 0. The molecule has 1 N–H and O–H groups in total. The lowest BCUT2D eigenvalue weighted by Gasteiger charge is -2.20. The van der Waals surface area contributed by atoms with Crippen LogP contribution in [0, 0.1) is 6.92 Å². The fourth-order valence-electron chi connectivity index (χ4n) is 2.56. The minimum Gasteiger partial charge on any atom is -0.314 e. The van der Waals surface area contributed by atoms with Gasteiger partial charge in [0.15, 0.2) is 0 Å². The van der Waals surface area contributed by atoms with Crippen LogP contribution in [-0.2, 0) is 6.42 Å². The predicted octanol–water partition coefficient (Wildman–Crippen LogP) is 3.70. The van der Waals surface area contributed by atoms with E-state index in [1.165, 1.54) is 50.0 Å². The van der Waals surface area contributed by atoms with Crippen LogP contribution in [0.3, 0.4) is 0 Å². The van der Waals surface area contributed by atoms with Crippen LogP contribution in [0.5, 0.6) is 0 Å². The highest BCUT2D eigenvalue weighted by Gasteiger charge is 2.10. The maximum Gasteiger partial charge on any atom is 0.0940 e. The molecule has 0 aromatic carbocycles. The van der Waals surface area contributed by atoms with Gasteiger partial charge in [0.05, 0.1) is 5.01 Å². The molecule has 0 amide bonds. The van der Waals surface area contributed by atoms with Crippen molar-refractivity contribution in [2.24, 2.45) is 0 Å². The van der Waals surface area contributed by atoms with Crippen molar-refractivity contribution in [3.63, 3.8) is 0 Å². The van der Waals surface area contributed by atoms with E-state index in [2.05, 4.69) is 22.6 Å². The molecular formula is C14H24N2S. The van der Waals surface area contributed by atoms with Crippen LogP contribution in [0.25, 0.3) is 0 Å². The minimum atomic E-state index is 0.761. The number of nitrogens with zero attached hydrogens (tertiary/aromatic N) is 1. The summed E-state index contributed by atoms with van der Waals surface area (Å²) in [4.78, 5) is 4.51. The summed E-state index contributed by atoms with van der Waals surface area (Å²) in [6.45, 7) is 3.17. The third-order valence-corrected chi connectivity index (χ3v) is 4.57. The predicted molar refractivity (Wildman–Crippen MR) is 74.7 cm³/mol. The average molecular weight is 252 g/mol. The van der Waals surface area contributed by atoms with Crippen molar-refractivity contribution in [1.29, 1.82) is 0 Å². The van der Waals surface area contributed by atoms with Crippen molar-refractivity contribution in [3.05, 3.63) is 16.1 Å². The molecule has 0 aliphatic heterocycles. The van der Waals surface area contributed by atoms with Gasteiger partial charge in [-0.25, -0.2) is 4.98 Å². The van der Waals surface area contributed by atoms with Gasteiger partial charge in [0, 0.05) is 30.1 Å². The molecule has 1 aromatic rings. The molecule has 1 heterocycles. The lowest BCUT2D eigenvalue weighted by Crippen LogP contribution is -2.31. The Morgan fingerprint density at radius 2 is 1.94 bits per heavy atom. The van der Waals surface area contributed by atoms with Gasteiger partial charge in [0.1, 0.15) is 0 Å². The third-order valence-electron chi connectivity index (χ3n) is 3.54. The van der Waals surface area contributed by atoms with Gasteiger partial charge in [-0.15, -0.1) is 11.3 Å². The summed E-state index contributed by atoms with van der Waals surface area (Å²) in [6.07, 6.45) is 11.0. The van der Waals surface area contributed by atoms with Crippen molar-refractivity contribution < 1.29 is 0 Å². The summed E-state index contributed by atoms with van der Waals surface area (Å²) >= 11 is 1.79. The van der Waals surface area contributed by atoms with Crippen molar-refractivity contribution in [1.82, 2.24) is 10.3 Å². The Hall–Kier alpha value is -0.410. The summed E-state index contributed by atoms with van der Waals surface area (Å²) in [5.74, 6) is 0. The largest absolute Gasteiger partial charge is 0.314 e. The molecule has 17 heavy (non-hydrogen) atoms. The molecule has 0 atom stereocenters. The van der Waals surface area contributed by atoms with Crippen molar-refractivity contribution in [3.8, 4) is 0 Å². The molecule has 3 heteroatoms. The molecular weight excluding hydrogens is 228 g/mol. The van der Waals surface area contributed by atoms with E-state index in [1.54, 1.807) is 11.3 Å². The smallest absolute Gasteiger partial charge is 0.0940 e. The Morgan fingerprint density at radius 1 is 1.24 bits per heavy atom. The second kappa shape index (κ2) is 7.12. The van der Waals surface area contributed by atoms with Crippen LogP contribution in [-0.4, -0.2) is 17.6 Å². The molecule has 0 radical (unpaired) electrons. The zero-order valence-electron chi connectivity index (χ0n) is 10.9. The second-order valence-corrected chi connectivity index (χ2v) is 6.07. The van der Waals surface area contributed by atoms with Gasteiger partial charge in [-0.05, 0) is 19.8 Å². The Labute approximate surface area is 109 Å². The normalized spacial score (nSPS) is 18.9. The molecule has 1 aliphatic carbocycles. The standard InChI is InChI=1S/C14H24N2S/c1-12-11-17-14(16-12)9-10-15-13-7-5-3-2-4-6-8-13/h11,13,15H,2-10H2,1H3. The van der Waals surface area contributed by atoms with E-state index in [-0.39, 0.29) is 0 Å². The summed E-state index contributed by atoms with van der Waals surface area (Å²) < 4.78 is 0. The number of thiazole rings is 1. The number of hydrogen-bond donors (Lipinski definition) is 1. The van der Waals surface area contributed by atoms with E-state index in [0.717, 1.165) is 24.7 Å². The van der Waals surface area contributed by atoms with E-state index >= 15 is 0 Å². The third kappa shape index (κ3) is 4.76. The van der Waals surface area contributed by atoms with E-state index < -0.39 is 0 Å². The average Bonchev–Trinajstić information content (AvgIpc) is 2.67. The molecule has 96 valence electrons. The fourth-order valence-corrected chi connectivity index (χ4v) is 3.34. The van der Waals surface area contributed by atoms with E-state index in [9.17, 15) is 0 Å². The van der Waals surface area contributed by atoms with Crippen LogP contribution in [0.1, 0.15) is 55.6 Å². The summed E-state index contributed by atoms with van der Waals surface area (Å²) in [5, 5.41) is 7.14. The van der Waals surface area contributed by atoms with Crippen molar-refractivity contribution in [2.45, 2.75) is 64.3 Å². The van der Waals surface area contributed by atoms with E-state index in [1.807, 2.05) is 0 Å². The van der Waals surface area contributed by atoms with Crippen molar-refractivity contribution >= 4 is 11.3 Å². The lowest BCUT2D eigenvalue weighted by atomic mass is 9.97. The summed E-state index contributed by atoms with van der Waals surface area (Å²) in [5.41, 5.74) is 1.16. The first-order valence-corrected chi connectivity index (χ1v) is 7.87. The van der Waals surface area contributed by atoms with Gasteiger partial charge in [-0.3, -0.25) is 0 Å². The van der Waals surface area contributed by atoms with Gasteiger partial charge in [-0.2, -0.15) is 0 Å². The zero-order chi connectivity index (χ0) is 11.9. The fraction of sp³-hybridized carbons (Fsp3) is 0.786. The highest BCUT2D eigenvalue weighted by Crippen LogP contribution is 2.17. The number of aryl methyl sites for hydroxylation is 1. The maximum atomic E-state index is 4.51. The molecule has 0 unspecified atom stereocenters. The lowest BCUT2D eigenvalue weighted by molar-refractivity contribution is 0.392. The van der Waals surface area contributed by atoms with Gasteiger partial charge in [0.25, 0.3) is 0 Å². The van der Waals surface area contributed by atoms with E-state index in [4.69, 9.17) is 0 Å². The number of aromatic nitrogens is 1. The van der Waals surface area contributed by atoms with Crippen LogP contribution >= 0.6 is 11.3 Å². The highest BCUT2D eigenvalue weighted by atomic mass is 32.1. The summed E-state index contributed by atoms with van der Waals surface area (Å²) in [6, 6.07) is 0.761. The van der Waals surface area contributed by atoms with Crippen LogP contribution in [0.2, 0.25) is 0 Å². The first kappa shape index (κ1) is 13.0. The van der Waals surface area contributed by atoms with Crippen LogP contribution < -0.4 is 5.32 Å². The van der Waals surface area contributed by atoms with Gasteiger partial charge in [-0.1, -0.05) is 32.1 Å². The highest BCUT2D eigenvalue weighted by molar-refractivity contribution is 7.09. The Balaban J connectivity index is 1.66. The molecule has 0 bridgehead atoms. The van der Waals surface area contributed by atoms with E-state index in [0.29, 0.717) is 0 Å². The molecule has 2 rings (SSSR count). The topological polar surface area (TPSA) is 24.9 Å². The van der Waals surface area contributed by atoms with Gasteiger partial charge < -0.3 is 5.32 Å². The molecule has 1 aliphatic rings. The SMILES string of the molecule is Cc1csc(CCNC2CCCCCCC2)n1. The van der Waals surface area contributed by atoms with Gasteiger partial charge in [0.2, 0.25) is 0 Å². The molecule has 1 saturated carbocycles. The first-order valence-electron chi connectivity index (χ1n) is 6.99. The molecule has 1 aromatic heterocycles. The monoisotopic (exact) mass is 252 g/mol. The number of rotatable bonds is 4. The van der Waals surface area contributed by atoms with Crippen LogP contribution in [0.4, 0.5) is 0 Å². The Morgan fingerprint density at radius 3 is 2.59 bits per heavy atom. The molecule has 1 fully saturated rings. The minimum absolute atomic E-state index is 0.761. The quantitative estimate of drug-likeness (QED) is 0.884. The molecule has 0 spiro atoms. The van der Waals surface area contributed by atoms with Crippen molar-refractivity contribution in [2.75, 3.05) is 6.54 Å². The van der Waals surface area contributed by atoms with Gasteiger partial charge >= 0.3 is 0 Å². The number of hydrogen-bond acceptors (Lipinski definition) is 3. The van der Waals surface area contributed by atoms with Crippen LogP contribution in [0.15, 0.2) is 5.38 Å². The number of nitrogens with one attached hydrogen (secondary N) is 1. The Bertz CT molecular complexity index is 314. The maximum absolute atomic E-state index is 4.51. The Kier molecular flexibility index (Phi) is 5.46. The molecule has 2 nitrogen and oxygen atoms in total. The zero-order valence-corrected chi connectivity index (χ0v) is 11.7. The first-order chi connectivity index (χ1) is 8.34.